The Morgan fingerprint density at radius 1 is 1.12 bits per heavy atom. The zero-order chi connectivity index (χ0) is 37.4. The maximum Gasteiger partial charge on any atom is 0.293 e. The number of pyridine rings is 1. The van der Waals surface area contributed by atoms with Crippen LogP contribution in [0, 0.1) is 16.7 Å². The van der Waals surface area contributed by atoms with Crippen LogP contribution in [-0.4, -0.2) is 65.5 Å². The van der Waals surface area contributed by atoms with E-state index in [-0.39, 0.29) is 17.1 Å². The summed E-state index contributed by atoms with van der Waals surface area (Å²) in [5.74, 6) is 0.251. The monoisotopic (exact) mass is 697 g/mol. The number of aromatic nitrogens is 2. The number of aryl methyl sites for hydroxylation is 2. The van der Waals surface area contributed by atoms with Crippen molar-refractivity contribution in [2.75, 3.05) is 33.4 Å². The summed E-state index contributed by atoms with van der Waals surface area (Å²) < 4.78 is 13.0. The average molecular weight is 698 g/mol. The number of amides is 1. The number of rotatable bonds is 14. The summed E-state index contributed by atoms with van der Waals surface area (Å²) in [5.41, 5.74) is 11.3. The molecule has 0 saturated carbocycles. The van der Waals surface area contributed by atoms with Crippen LogP contribution in [0.4, 0.5) is 0 Å². The Labute approximate surface area is 303 Å². The van der Waals surface area contributed by atoms with E-state index < -0.39 is 0 Å². The molecule has 10 nitrogen and oxygen atoms in total. The molecular formula is C41H55N5O5. The van der Waals surface area contributed by atoms with E-state index in [0.29, 0.717) is 38.9 Å². The molecule has 2 aromatic carbocycles. The smallest absolute Gasteiger partial charge is 0.293 e. The number of nitrogens with zero attached hydrogens (tertiary/aromatic N) is 4. The third-order valence-corrected chi connectivity index (χ3v) is 8.77. The fourth-order valence-electron chi connectivity index (χ4n) is 6.55. The van der Waals surface area contributed by atoms with Crippen molar-refractivity contribution in [2.45, 2.75) is 86.6 Å². The number of hydrazine groups is 1. The Kier molecular flexibility index (Phi) is 16.1. The van der Waals surface area contributed by atoms with Crippen LogP contribution < -0.4 is 5.43 Å². The van der Waals surface area contributed by atoms with Crippen molar-refractivity contribution in [1.29, 1.82) is 5.26 Å². The number of methoxy groups -OCH3 is 1. The molecular weight excluding hydrogens is 642 g/mol. The average Bonchev–Trinajstić information content (AvgIpc) is 3.44. The third-order valence-electron chi connectivity index (χ3n) is 8.77. The zero-order valence-electron chi connectivity index (χ0n) is 31.4. The van der Waals surface area contributed by atoms with Gasteiger partial charge in [0.05, 0.1) is 25.0 Å². The Balaban J connectivity index is 0.00000133. The second-order valence-corrected chi connectivity index (χ2v) is 13.1. The molecule has 2 N–H and O–H groups in total. The fraction of sp³-hybridized carbons (Fsp3) is 0.463. The van der Waals surface area contributed by atoms with Crippen LogP contribution in [0.1, 0.15) is 77.5 Å². The van der Waals surface area contributed by atoms with Gasteiger partial charge in [0.2, 0.25) is 5.91 Å². The van der Waals surface area contributed by atoms with Crippen molar-refractivity contribution in [3.8, 4) is 34.2 Å². The van der Waals surface area contributed by atoms with Crippen LogP contribution in [-0.2, 0) is 44.9 Å². The Bertz CT molecular complexity index is 1770. The number of hydrogen-bond donors (Lipinski definition) is 2. The van der Waals surface area contributed by atoms with Crippen molar-refractivity contribution < 1.29 is 24.2 Å². The summed E-state index contributed by atoms with van der Waals surface area (Å²) in [6.45, 7) is 15.5. The second-order valence-electron chi connectivity index (χ2n) is 13.1. The molecule has 1 fully saturated rings. The Morgan fingerprint density at radius 3 is 2.55 bits per heavy atom. The van der Waals surface area contributed by atoms with Crippen LogP contribution in [0.3, 0.4) is 0 Å². The van der Waals surface area contributed by atoms with Crippen LogP contribution in [0.5, 0.6) is 5.75 Å². The SMILES string of the molecule is CC.CC#N.CCn1c(-c2ccncc2CCOC)c(CC(C)(C)COC=O)c2cc(-c3cc(O)cc(CCC(=O)N4CCCCN4)c3)ccc21. The van der Waals surface area contributed by atoms with E-state index >= 15 is 0 Å². The van der Waals surface area contributed by atoms with Crippen molar-refractivity contribution in [1.82, 2.24) is 20.0 Å². The number of hydrogen-bond acceptors (Lipinski definition) is 8. The Hall–Kier alpha value is -4.72. The number of aromatic hydroxyl groups is 1. The fourth-order valence-corrected chi connectivity index (χ4v) is 6.55. The predicted octanol–water partition coefficient (Wildman–Crippen LogP) is 7.64. The number of carbonyl (C=O) groups is 2. The van der Waals surface area contributed by atoms with E-state index in [0.717, 1.165) is 83.3 Å². The molecule has 0 radical (unpaired) electrons. The van der Waals surface area contributed by atoms with E-state index in [1.54, 1.807) is 30.3 Å². The van der Waals surface area contributed by atoms with E-state index in [2.05, 4.69) is 66.1 Å². The van der Waals surface area contributed by atoms with Crippen LogP contribution in [0.2, 0.25) is 0 Å². The van der Waals surface area contributed by atoms with Gasteiger partial charge < -0.3 is 19.1 Å². The molecule has 0 unspecified atom stereocenters. The van der Waals surface area contributed by atoms with Gasteiger partial charge in [-0.05, 0) is 97.2 Å². The molecule has 1 saturated heterocycles. The third kappa shape index (κ3) is 10.9. The van der Waals surface area contributed by atoms with Gasteiger partial charge in [-0.25, -0.2) is 5.43 Å². The summed E-state index contributed by atoms with van der Waals surface area (Å²) in [6.07, 6.45) is 8.16. The highest BCUT2D eigenvalue weighted by Gasteiger charge is 2.27. The molecule has 274 valence electrons. The number of carbonyl (C=O) groups excluding carboxylic acids is 2. The maximum atomic E-state index is 12.8. The number of phenolic OH excluding ortho intramolecular Hbond substituents is 1. The number of nitriles is 1. The van der Waals surface area contributed by atoms with Gasteiger partial charge in [0.25, 0.3) is 6.47 Å². The molecule has 10 heteroatoms. The molecule has 0 spiro atoms. The van der Waals surface area contributed by atoms with E-state index in [4.69, 9.17) is 14.7 Å². The molecule has 4 aromatic rings. The van der Waals surface area contributed by atoms with Crippen molar-refractivity contribution >= 4 is 23.3 Å². The molecule has 1 aliphatic heterocycles. The largest absolute Gasteiger partial charge is 0.508 e. The van der Waals surface area contributed by atoms with Gasteiger partial charge in [-0.2, -0.15) is 5.26 Å². The molecule has 0 bridgehead atoms. The highest BCUT2D eigenvalue weighted by molar-refractivity contribution is 5.95. The van der Waals surface area contributed by atoms with Gasteiger partial charge in [0.15, 0.2) is 0 Å². The van der Waals surface area contributed by atoms with Gasteiger partial charge in [-0.3, -0.25) is 19.6 Å². The molecule has 1 aliphatic rings. The van der Waals surface area contributed by atoms with E-state index in [9.17, 15) is 14.7 Å². The first-order valence-electron chi connectivity index (χ1n) is 18.0. The summed E-state index contributed by atoms with van der Waals surface area (Å²) in [5, 5.41) is 20.9. The molecule has 2 aromatic heterocycles. The summed E-state index contributed by atoms with van der Waals surface area (Å²) in [4.78, 5) is 28.4. The van der Waals surface area contributed by atoms with Gasteiger partial charge in [0.1, 0.15) is 5.75 Å². The lowest BCUT2D eigenvalue weighted by atomic mass is 9.84. The Morgan fingerprint density at radius 2 is 1.88 bits per heavy atom. The first-order chi connectivity index (χ1) is 24.7. The highest BCUT2D eigenvalue weighted by Crippen LogP contribution is 2.41. The van der Waals surface area contributed by atoms with Crippen molar-refractivity contribution in [3.63, 3.8) is 0 Å². The molecule has 0 aliphatic carbocycles. The predicted molar refractivity (Wildman–Crippen MR) is 203 cm³/mol. The quantitative estimate of drug-likeness (QED) is 0.129. The minimum absolute atomic E-state index is 0.0752. The standard InChI is InChI=1S/C37H46N4O5.C2H3N.C2H6/c1-5-40-34-10-9-27(29-18-26(19-30(43)20-29)8-11-35(44)41-16-7-6-14-39-41)21-32(34)33(22-37(2,3)24-46-25-42)36(40)31-12-15-38-23-28(31)13-17-45-4;1-2-3;1-2/h9-10,12,15,18-21,23,25,39,43H,5-8,11,13-14,16-17,22,24H2,1-4H3;1H3;1-2H3. The number of fused-ring (bicyclic) bond motifs is 1. The first-order valence-corrected chi connectivity index (χ1v) is 18.0. The van der Waals surface area contributed by atoms with Gasteiger partial charge >= 0.3 is 0 Å². The molecule has 3 heterocycles. The van der Waals surface area contributed by atoms with Crippen molar-refractivity contribution in [2.24, 2.45) is 5.41 Å². The highest BCUT2D eigenvalue weighted by atomic mass is 16.5. The normalized spacial score (nSPS) is 12.6. The topological polar surface area (TPSA) is 130 Å². The summed E-state index contributed by atoms with van der Waals surface area (Å²) >= 11 is 0. The lowest BCUT2D eigenvalue weighted by Crippen LogP contribution is -2.47. The van der Waals surface area contributed by atoms with Crippen LogP contribution in [0.25, 0.3) is 33.3 Å². The lowest BCUT2D eigenvalue weighted by molar-refractivity contribution is -0.135. The summed E-state index contributed by atoms with van der Waals surface area (Å²) in [6, 6.07) is 15.9. The first kappa shape index (κ1) is 40.7. The number of nitrogens with one attached hydrogen (secondary N) is 1. The number of phenols is 1. The minimum Gasteiger partial charge on any atom is -0.508 e. The van der Waals surface area contributed by atoms with Crippen LogP contribution in [0.15, 0.2) is 54.9 Å². The summed E-state index contributed by atoms with van der Waals surface area (Å²) in [7, 11) is 1.71. The van der Waals surface area contributed by atoms with Gasteiger partial charge in [0, 0.05) is 74.4 Å². The minimum atomic E-state index is -0.327. The van der Waals surface area contributed by atoms with E-state index in [1.165, 1.54) is 12.5 Å². The molecule has 0 atom stereocenters. The second kappa shape index (κ2) is 20.2. The van der Waals surface area contributed by atoms with Crippen LogP contribution >= 0.6 is 0 Å². The van der Waals surface area contributed by atoms with Crippen molar-refractivity contribution in [3.05, 3.63) is 71.5 Å². The number of ether oxygens (including phenoxy) is 2. The number of benzene rings is 2. The van der Waals surface area contributed by atoms with Gasteiger partial charge in [-0.15, -0.1) is 0 Å². The zero-order valence-corrected chi connectivity index (χ0v) is 31.4. The molecule has 51 heavy (non-hydrogen) atoms. The molecule has 5 rings (SSSR count). The lowest BCUT2D eigenvalue weighted by Gasteiger charge is -2.27. The van der Waals surface area contributed by atoms with E-state index in [1.807, 2.05) is 26.2 Å². The molecule has 1 amide bonds. The van der Waals surface area contributed by atoms with Gasteiger partial charge in [-0.1, -0.05) is 39.8 Å². The maximum absolute atomic E-state index is 12.8.